The Kier molecular flexibility index (Phi) is 6.51. The third kappa shape index (κ3) is 5.57. The minimum Gasteiger partial charge on any atom is -0.378 e. The smallest absolute Gasteiger partial charge is 0.224 e. The van der Waals surface area contributed by atoms with Gasteiger partial charge in [-0.3, -0.25) is 9.69 Å². The molecule has 2 aromatic rings. The van der Waals surface area contributed by atoms with Crippen LogP contribution in [-0.4, -0.2) is 44.5 Å². The van der Waals surface area contributed by atoms with E-state index in [1.165, 1.54) is 11.1 Å². The number of amides is 1. The molecule has 1 N–H and O–H groups in total. The molecule has 1 amide bonds. The first-order valence-electron chi connectivity index (χ1n) is 9.81. The van der Waals surface area contributed by atoms with Crippen LogP contribution in [0.15, 0.2) is 48.5 Å². The van der Waals surface area contributed by atoms with E-state index in [0.29, 0.717) is 12.3 Å². The maximum Gasteiger partial charge on any atom is 0.224 e. The van der Waals surface area contributed by atoms with Gasteiger partial charge in [-0.25, -0.2) is 0 Å². The second-order valence-electron chi connectivity index (χ2n) is 7.86. The van der Waals surface area contributed by atoms with Gasteiger partial charge >= 0.3 is 0 Å². The summed E-state index contributed by atoms with van der Waals surface area (Å²) in [6.07, 6.45) is 1.61. The average Bonchev–Trinajstić information content (AvgIpc) is 3.10. The van der Waals surface area contributed by atoms with E-state index >= 15 is 0 Å². The van der Waals surface area contributed by atoms with Gasteiger partial charge < -0.3 is 10.2 Å². The van der Waals surface area contributed by atoms with Crippen LogP contribution in [-0.2, 0) is 17.8 Å². The van der Waals surface area contributed by atoms with Crippen molar-refractivity contribution in [2.45, 2.75) is 26.3 Å². The van der Waals surface area contributed by atoms with E-state index < -0.39 is 0 Å². The minimum atomic E-state index is 0.116. The van der Waals surface area contributed by atoms with Crippen molar-refractivity contribution in [3.05, 3.63) is 65.2 Å². The number of carbonyl (C=O) groups excluding carboxylic acids is 1. The van der Waals surface area contributed by atoms with E-state index in [1.54, 1.807) is 0 Å². The minimum absolute atomic E-state index is 0.116. The molecule has 0 bridgehead atoms. The van der Waals surface area contributed by atoms with Gasteiger partial charge in [0.15, 0.2) is 0 Å². The van der Waals surface area contributed by atoms with Gasteiger partial charge in [0, 0.05) is 39.4 Å². The van der Waals surface area contributed by atoms with E-state index in [1.807, 2.05) is 26.2 Å². The predicted molar refractivity (Wildman–Crippen MR) is 112 cm³/mol. The Morgan fingerprint density at radius 1 is 1.15 bits per heavy atom. The maximum atomic E-state index is 12.3. The van der Waals surface area contributed by atoms with E-state index in [2.05, 4.69) is 58.4 Å². The molecular weight excluding hydrogens is 334 g/mol. The van der Waals surface area contributed by atoms with Crippen molar-refractivity contribution in [1.29, 1.82) is 0 Å². The van der Waals surface area contributed by atoms with E-state index in [-0.39, 0.29) is 5.91 Å². The first kappa shape index (κ1) is 19.4. The summed E-state index contributed by atoms with van der Waals surface area (Å²) in [5.74, 6) is 0.666. The summed E-state index contributed by atoms with van der Waals surface area (Å²) in [6, 6.07) is 16.8. The molecule has 0 aliphatic carbocycles. The molecule has 1 fully saturated rings. The number of nitrogens with one attached hydrogen (secondary N) is 1. The van der Waals surface area contributed by atoms with Crippen molar-refractivity contribution >= 4 is 11.6 Å². The molecule has 3 rings (SSSR count). The summed E-state index contributed by atoms with van der Waals surface area (Å²) in [6.45, 7) is 6.13. The summed E-state index contributed by atoms with van der Waals surface area (Å²) >= 11 is 0. The maximum absolute atomic E-state index is 12.3. The largest absolute Gasteiger partial charge is 0.378 e. The number of aryl methyl sites for hydroxylation is 1. The zero-order valence-corrected chi connectivity index (χ0v) is 16.7. The van der Waals surface area contributed by atoms with Gasteiger partial charge in [-0.2, -0.15) is 0 Å². The van der Waals surface area contributed by atoms with Crippen LogP contribution in [0.3, 0.4) is 0 Å². The molecule has 4 nitrogen and oxygen atoms in total. The van der Waals surface area contributed by atoms with Crippen LogP contribution in [0.25, 0.3) is 0 Å². The molecule has 27 heavy (non-hydrogen) atoms. The van der Waals surface area contributed by atoms with Crippen molar-refractivity contribution in [2.24, 2.45) is 5.92 Å². The molecule has 4 heteroatoms. The first-order valence-corrected chi connectivity index (χ1v) is 9.81. The number of likely N-dealkylation sites (tertiary alicyclic amines) is 1. The van der Waals surface area contributed by atoms with Gasteiger partial charge in [-0.05, 0) is 54.6 Å². The van der Waals surface area contributed by atoms with Crippen molar-refractivity contribution < 1.29 is 4.79 Å². The van der Waals surface area contributed by atoms with Crippen LogP contribution in [0.4, 0.5) is 5.69 Å². The Hall–Kier alpha value is -2.33. The summed E-state index contributed by atoms with van der Waals surface area (Å²) in [5, 5.41) is 3.13. The summed E-state index contributed by atoms with van der Waals surface area (Å²) in [4.78, 5) is 16.8. The molecule has 1 heterocycles. The molecule has 0 saturated carbocycles. The fourth-order valence-corrected chi connectivity index (χ4v) is 3.67. The van der Waals surface area contributed by atoms with Gasteiger partial charge in [0.1, 0.15) is 0 Å². The van der Waals surface area contributed by atoms with E-state index in [9.17, 15) is 4.79 Å². The molecule has 1 aliphatic rings. The Morgan fingerprint density at radius 3 is 2.59 bits per heavy atom. The SMILES string of the molecule is Cc1ccccc1CN1CC[C@@H](CNC(=O)Cc2ccc(N(C)C)cc2)C1. The molecule has 1 aliphatic heterocycles. The first-order chi connectivity index (χ1) is 13.0. The highest BCUT2D eigenvalue weighted by atomic mass is 16.1. The lowest BCUT2D eigenvalue weighted by atomic mass is 10.1. The summed E-state index contributed by atoms with van der Waals surface area (Å²) < 4.78 is 0. The molecule has 1 saturated heterocycles. The Balaban J connectivity index is 1.41. The number of nitrogens with zero attached hydrogens (tertiary/aromatic N) is 2. The van der Waals surface area contributed by atoms with Crippen LogP contribution in [0.2, 0.25) is 0 Å². The fraction of sp³-hybridized carbons (Fsp3) is 0.435. The lowest BCUT2D eigenvalue weighted by Crippen LogP contribution is -2.32. The second-order valence-corrected chi connectivity index (χ2v) is 7.86. The van der Waals surface area contributed by atoms with Crippen LogP contribution in [0, 0.1) is 12.8 Å². The predicted octanol–water partition coefficient (Wildman–Crippen LogP) is 3.24. The topological polar surface area (TPSA) is 35.6 Å². The second kappa shape index (κ2) is 9.05. The highest BCUT2D eigenvalue weighted by Gasteiger charge is 2.23. The normalized spacial score (nSPS) is 17.1. The third-order valence-electron chi connectivity index (χ3n) is 5.43. The van der Waals surface area contributed by atoms with Crippen molar-refractivity contribution in [1.82, 2.24) is 10.2 Å². The number of hydrogen-bond donors (Lipinski definition) is 1. The Morgan fingerprint density at radius 2 is 1.89 bits per heavy atom. The third-order valence-corrected chi connectivity index (χ3v) is 5.43. The molecule has 0 unspecified atom stereocenters. The zero-order valence-electron chi connectivity index (χ0n) is 16.7. The lowest BCUT2D eigenvalue weighted by molar-refractivity contribution is -0.120. The van der Waals surface area contributed by atoms with Crippen LogP contribution < -0.4 is 10.2 Å². The van der Waals surface area contributed by atoms with Crippen molar-refractivity contribution in [2.75, 3.05) is 38.6 Å². The molecule has 2 aromatic carbocycles. The molecular formula is C23H31N3O. The van der Waals surface area contributed by atoms with Crippen LogP contribution in [0.5, 0.6) is 0 Å². The highest BCUT2D eigenvalue weighted by Crippen LogP contribution is 2.19. The Bertz CT molecular complexity index is 754. The molecule has 0 spiro atoms. The van der Waals surface area contributed by atoms with Gasteiger partial charge in [0.25, 0.3) is 0 Å². The summed E-state index contributed by atoms with van der Waals surface area (Å²) in [5.41, 5.74) is 4.97. The van der Waals surface area contributed by atoms with Crippen molar-refractivity contribution in [3.8, 4) is 0 Å². The van der Waals surface area contributed by atoms with Gasteiger partial charge in [0.05, 0.1) is 6.42 Å². The van der Waals surface area contributed by atoms with E-state index in [0.717, 1.165) is 43.9 Å². The molecule has 144 valence electrons. The fourth-order valence-electron chi connectivity index (χ4n) is 3.67. The number of anilines is 1. The molecule has 0 aromatic heterocycles. The van der Waals surface area contributed by atoms with Crippen LogP contribution in [0.1, 0.15) is 23.1 Å². The van der Waals surface area contributed by atoms with E-state index in [4.69, 9.17) is 0 Å². The number of hydrogen-bond acceptors (Lipinski definition) is 3. The molecule has 0 radical (unpaired) electrons. The number of benzene rings is 2. The standard InChI is InChI=1S/C23H31N3O/c1-18-6-4-5-7-21(18)17-26-13-12-20(16-26)15-24-23(27)14-19-8-10-22(11-9-19)25(2)3/h4-11,20H,12-17H2,1-3H3,(H,24,27)/t20-/m0/s1. The quantitative estimate of drug-likeness (QED) is 0.818. The average molecular weight is 366 g/mol. The number of carbonyl (C=O) groups is 1. The molecule has 1 atom stereocenters. The zero-order chi connectivity index (χ0) is 19.2. The van der Waals surface area contributed by atoms with Crippen molar-refractivity contribution in [3.63, 3.8) is 0 Å². The highest BCUT2D eigenvalue weighted by molar-refractivity contribution is 5.78. The monoisotopic (exact) mass is 365 g/mol. The van der Waals surface area contributed by atoms with Gasteiger partial charge in [-0.1, -0.05) is 36.4 Å². The number of rotatable bonds is 7. The van der Waals surface area contributed by atoms with Gasteiger partial charge in [-0.15, -0.1) is 0 Å². The lowest BCUT2D eigenvalue weighted by Gasteiger charge is -2.17. The Labute approximate surface area is 163 Å². The van der Waals surface area contributed by atoms with Gasteiger partial charge in [0.2, 0.25) is 5.91 Å². The summed E-state index contributed by atoms with van der Waals surface area (Å²) in [7, 11) is 4.04. The van der Waals surface area contributed by atoms with Crippen LogP contribution >= 0.6 is 0 Å².